The van der Waals surface area contributed by atoms with Crippen molar-refractivity contribution in [3.8, 4) is 0 Å². The van der Waals surface area contributed by atoms with E-state index in [0.29, 0.717) is 37.6 Å². The van der Waals surface area contributed by atoms with Crippen LogP contribution in [0.1, 0.15) is 72.5 Å². The molecule has 1 saturated carbocycles. The van der Waals surface area contributed by atoms with E-state index in [0.717, 1.165) is 49.8 Å². The fourth-order valence-corrected chi connectivity index (χ4v) is 5.15. The van der Waals surface area contributed by atoms with Gasteiger partial charge in [-0.1, -0.05) is 55.8 Å². The Morgan fingerprint density at radius 2 is 2.00 bits per heavy atom. The third kappa shape index (κ3) is 6.35. The van der Waals surface area contributed by atoms with Gasteiger partial charge in [-0.15, -0.1) is 0 Å². The molecule has 2 aliphatic rings. The highest BCUT2D eigenvalue weighted by Crippen LogP contribution is 2.28. The van der Waals surface area contributed by atoms with Gasteiger partial charge in [-0.2, -0.15) is 0 Å². The molecule has 1 aliphatic carbocycles. The molecule has 3 unspecified atom stereocenters. The maximum atomic E-state index is 13.0. The van der Waals surface area contributed by atoms with Crippen LogP contribution >= 0.6 is 0 Å². The first-order valence-electron chi connectivity index (χ1n) is 12.6. The van der Waals surface area contributed by atoms with Crippen molar-refractivity contribution in [3.05, 3.63) is 70.8 Å². The van der Waals surface area contributed by atoms with Crippen LogP contribution in [-0.4, -0.2) is 41.3 Å². The van der Waals surface area contributed by atoms with Gasteiger partial charge < -0.3 is 15.0 Å². The molecule has 7 heteroatoms. The van der Waals surface area contributed by atoms with Gasteiger partial charge in [0.05, 0.1) is 12.7 Å². The summed E-state index contributed by atoms with van der Waals surface area (Å²) >= 11 is 0. The Bertz CT molecular complexity index is 1030. The summed E-state index contributed by atoms with van der Waals surface area (Å²) in [6.45, 7) is 3.72. The maximum absolute atomic E-state index is 13.0. The fraction of sp³-hybridized carbons (Fsp3) is 0.464. The molecule has 1 heterocycles. The molecule has 1 aliphatic heterocycles. The second kappa shape index (κ2) is 12.1. The van der Waals surface area contributed by atoms with E-state index in [4.69, 9.17) is 4.74 Å². The molecule has 2 aromatic rings. The second-order valence-electron chi connectivity index (χ2n) is 9.52. The standard InChI is InChI=1S/C28H35N3O4/c1-2-7-26(27(33)30-19-32)31-17-22-14-21(12-13-25(22)28(31)34)16-29-23-10-6-11-24(15-23)35-18-20-8-4-3-5-9-20/h3-5,8-9,12-14,19,23-24,26,29H,2,6-7,10-11,15-18H2,1H3,(H,30,32,33). The van der Waals surface area contributed by atoms with Gasteiger partial charge in [0.15, 0.2) is 0 Å². The van der Waals surface area contributed by atoms with Gasteiger partial charge >= 0.3 is 0 Å². The molecule has 0 aromatic heterocycles. The molecular formula is C28H35N3O4. The Balaban J connectivity index is 1.32. The number of nitrogens with one attached hydrogen (secondary N) is 2. The minimum absolute atomic E-state index is 0.148. The molecular weight excluding hydrogens is 442 g/mol. The van der Waals surface area contributed by atoms with Crippen LogP contribution in [0.5, 0.6) is 0 Å². The van der Waals surface area contributed by atoms with Crippen molar-refractivity contribution >= 4 is 18.2 Å². The number of carbonyl (C=O) groups excluding carboxylic acids is 3. The number of amides is 3. The predicted octanol–water partition coefficient (Wildman–Crippen LogP) is 3.70. The highest BCUT2D eigenvalue weighted by atomic mass is 16.5. The maximum Gasteiger partial charge on any atom is 0.255 e. The molecule has 2 N–H and O–H groups in total. The van der Waals surface area contributed by atoms with Crippen molar-refractivity contribution in [1.29, 1.82) is 0 Å². The van der Waals surface area contributed by atoms with Gasteiger partial charge in [0.25, 0.3) is 5.91 Å². The molecule has 1 fully saturated rings. The van der Waals surface area contributed by atoms with E-state index in [-0.39, 0.29) is 12.0 Å². The van der Waals surface area contributed by atoms with Crippen molar-refractivity contribution in [2.45, 2.75) is 83.3 Å². The van der Waals surface area contributed by atoms with E-state index < -0.39 is 11.9 Å². The number of rotatable bonds is 11. The smallest absolute Gasteiger partial charge is 0.255 e. The zero-order valence-electron chi connectivity index (χ0n) is 20.4. The number of benzene rings is 2. The lowest BCUT2D eigenvalue weighted by molar-refractivity contribution is -0.129. The van der Waals surface area contributed by atoms with Crippen LogP contribution < -0.4 is 10.6 Å². The SMILES string of the molecule is CCCC(C(=O)NC=O)N1Cc2cc(CNC3CCCC(OCc4ccccc4)C3)ccc2C1=O. The van der Waals surface area contributed by atoms with E-state index in [1.807, 2.05) is 37.3 Å². The molecule has 186 valence electrons. The Labute approximate surface area is 207 Å². The lowest BCUT2D eigenvalue weighted by Crippen LogP contribution is -2.46. The quantitative estimate of drug-likeness (QED) is 0.482. The summed E-state index contributed by atoms with van der Waals surface area (Å²) in [5.74, 6) is -0.573. The highest BCUT2D eigenvalue weighted by molar-refractivity contribution is 6.02. The summed E-state index contributed by atoms with van der Waals surface area (Å²) in [6, 6.07) is 16.0. The predicted molar refractivity (Wildman–Crippen MR) is 133 cm³/mol. The van der Waals surface area contributed by atoms with Crippen molar-refractivity contribution in [1.82, 2.24) is 15.5 Å². The summed E-state index contributed by atoms with van der Waals surface area (Å²) in [4.78, 5) is 37.7. The molecule has 0 bridgehead atoms. The van der Waals surface area contributed by atoms with Gasteiger partial charge in [-0.25, -0.2) is 0 Å². The molecule has 35 heavy (non-hydrogen) atoms. The van der Waals surface area contributed by atoms with E-state index in [9.17, 15) is 14.4 Å². The molecule has 0 saturated heterocycles. The number of ether oxygens (including phenoxy) is 1. The van der Waals surface area contributed by atoms with Crippen LogP contribution in [0.3, 0.4) is 0 Å². The summed E-state index contributed by atoms with van der Waals surface area (Å²) < 4.78 is 6.18. The van der Waals surface area contributed by atoms with Crippen molar-refractivity contribution < 1.29 is 19.1 Å². The van der Waals surface area contributed by atoms with E-state index >= 15 is 0 Å². The number of hydrogen-bond acceptors (Lipinski definition) is 5. The molecule has 0 radical (unpaired) electrons. The number of imide groups is 1. The topological polar surface area (TPSA) is 87.7 Å². The van der Waals surface area contributed by atoms with Gasteiger partial charge in [-0.05, 0) is 54.9 Å². The number of nitrogens with zero attached hydrogens (tertiary/aromatic N) is 1. The molecule has 7 nitrogen and oxygen atoms in total. The number of hydrogen-bond donors (Lipinski definition) is 2. The summed E-state index contributed by atoms with van der Waals surface area (Å²) in [5, 5.41) is 5.89. The molecule has 4 rings (SSSR count). The van der Waals surface area contributed by atoms with Gasteiger partial charge in [0, 0.05) is 24.7 Å². The first kappa shape index (κ1) is 25.1. The lowest BCUT2D eigenvalue weighted by Gasteiger charge is -2.30. The molecule has 0 spiro atoms. The van der Waals surface area contributed by atoms with Crippen molar-refractivity contribution in [3.63, 3.8) is 0 Å². The lowest BCUT2D eigenvalue weighted by atomic mass is 9.92. The van der Waals surface area contributed by atoms with Crippen molar-refractivity contribution in [2.24, 2.45) is 0 Å². The van der Waals surface area contributed by atoms with Gasteiger partial charge in [0.2, 0.25) is 12.3 Å². The van der Waals surface area contributed by atoms with E-state index in [1.165, 1.54) is 5.56 Å². The van der Waals surface area contributed by atoms with Crippen LogP contribution in [0.15, 0.2) is 48.5 Å². The number of carbonyl (C=O) groups is 3. The Hall–Kier alpha value is -3.03. The largest absolute Gasteiger partial charge is 0.373 e. The van der Waals surface area contributed by atoms with E-state index in [2.05, 4.69) is 28.8 Å². The van der Waals surface area contributed by atoms with Gasteiger partial charge in [0.1, 0.15) is 6.04 Å². The first-order chi connectivity index (χ1) is 17.1. The first-order valence-corrected chi connectivity index (χ1v) is 12.6. The minimum Gasteiger partial charge on any atom is -0.373 e. The molecule has 2 aromatic carbocycles. The van der Waals surface area contributed by atoms with Crippen molar-refractivity contribution in [2.75, 3.05) is 0 Å². The highest BCUT2D eigenvalue weighted by Gasteiger charge is 2.36. The van der Waals surface area contributed by atoms with Crippen LogP contribution in [-0.2, 0) is 34.0 Å². The third-order valence-electron chi connectivity index (χ3n) is 6.99. The monoisotopic (exact) mass is 477 g/mol. The Kier molecular flexibility index (Phi) is 8.66. The zero-order valence-corrected chi connectivity index (χ0v) is 20.4. The summed E-state index contributed by atoms with van der Waals surface area (Å²) in [5.41, 5.74) is 3.90. The summed E-state index contributed by atoms with van der Waals surface area (Å²) in [6.07, 6.45) is 6.27. The second-order valence-corrected chi connectivity index (χ2v) is 9.52. The zero-order chi connectivity index (χ0) is 24.6. The summed E-state index contributed by atoms with van der Waals surface area (Å²) in [7, 11) is 0. The average Bonchev–Trinajstić information content (AvgIpc) is 3.21. The van der Waals surface area contributed by atoms with Crippen LogP contribution in [0.25, 0.3) is 0 Å². The van der Waals surface area contributed by atoms with Crippen LogP contribution in [0, 0.1) is 0 Å². The average molecular weight is 478 g/mol. The molecule has 3 atom stereocenters. The van der Waals surface area contributed by atoms with E-state index in [1.54, 1.807) is 4.90 Å². The van der Waals surface area contributed by atoms with Crippen LogP contribution in [0.2, 0.25) is 0 Å². The van der Waals surface area contributed by atoms with Crippen LogP contribution in [0.4, 0.5) is 0 Å². The Morgan fingerprint density at radius 3 is 2.77 bits per heavy atom. The third-order valence-corrected chi connectivity index (χ3v) is 6.99. The molecule has 3 amide bonds. The fourth-order valence-electron chi connectivity index (χ4n) is 5.15. The Morgan fingerprint density at radius 1 is 1.17 bits per heavy atom. The normalized spacial score (nSPS) is 20.4. The minimum atomic E-state index is -0.637. The number of fused-ring (bicyclic) bond motifs is 1. The van der Waals surface area contributed by atoms with Gasteiger partial charge in [-0.3, -0.25) is 19.7 Å².